The molecule has 6 nitrogen and oxygen atoms in total. The Bertz CT molecular complexity index is 648. The van der Waals surface area contributed by atoms with Gasteiger partial charge in [-0.05, 0) is 26.0 Å². The third-order valence-corrected chi connectivity index (χ3v) is 3.09. The number of rotatable bonds is 5. The van der Waals surface area contributed by atoms with Crippen molar-refractivity contribution in [2.75, 3.05) is 13.1 Å². The lowest BCUT2D eigenvalue weighted by atomic mass is 10.2. The van der Waals surface area contributed by atoms with Crippen LogP contribution < -0.4 is 0 Å². The summed E-state index contributed by atoms with van der Waals surface area (Å²) in [5.41, 5.74) is 2.12. The molecule has 0 atom stereocenters. The Balaban J connectivity index is 2.22. The van der Waals surface area contributed by atoms with Gasteiger partial charge in [0.15, 0.2) is 0 Å². The van der Waals surface area contributed by atoms with Crippen molar-refractivity contribution in [1.29, 1.82) is 0 Å². The predicted octanol–water partition coefficient (Wildman–Crippen LogP) is 1.58. The Hall–Kier alpha value is -2.37. The molecule has 0 radical (unpaired) electrons. The summed E-state index contributed by atoms with van der Waals surface area (Å²) in [6.07, 6.45) is 3.61. The molecular formula is C14H17N3O3. The fourth-order valence-electron chi connectivity index (χ4n) is 2.06. The molecule has 1 amide bonds. The second kappa shape index (κ2) is 5.73. The number of nitrogens with zero attached hydrogens (tertiary/aromatic N) is 3. The first-order chi connectivity index (χ1) is 9.51. The molecule has 2 rings (SSSR count). The summed E-state index contributed by atoms with van der Waals surface area (Å²) in [4.78, 5) is 28.8. The maximum Gasteiger partial charge on any atom is 0.305 e. The van der Waals surface area contributed by atoms with Crippen LogP contribution in [0.5, 0.6) is 0 Å². The fourth-order valence-corrected chi connectivity index (χ4v) is 2.06. The van der Waals surface area contributed by atoms with Crippen LogP contribution in [-0.4, -0.2) is 44.4 Å². The summed E-state index contributed by atoms with van der Waals surface area (Å²) < 4.78 is 1.85. The third kappa shape index (κ3) is 2.96. The lowest BCUT2D eigenvalue weighted by Crippen LogP contribution is -2.32. The van der Waals surface area contributed by atoms with E-state index in [1.54, 1.807) is 18.3 Å². The molecule has 2 aromatic rings. The van der Waals surface area contributed by atoms with Crippen LogP contribution in [-0.2, 0) is 4.79 Å². The number of aryl methyl sites for hydroxylation is 1. The van der Waals surface area contributed by atoms with Crippen LogP contribution >= 0.6 is 0 Å². The van der Waals surface area contributed by atoms with Gasteiger partial charge in [-0.25, -0.2) is 4.98 Å². The van der Waals surface area contributed by atoms with E-state index in [2.05, 4.69) is 4.98 Å². The van der Waals surface area contributed by atoms with E-state index in [1.165, 1.54) is 4.90 Å². The first kappa shape index (κ1) is 14.0. The summed E-state index contributed by atoms with van der Waals surface area (Å²) in [7, 11) is 0. The maximum absolute atomic E-state index is 12.3. The molecule has 0 aliphatic carbocycles. The van der Waals surface area contributed by atoms with E-state index in [1.807, 2.05) is 24.4 Å². The summed E-state index contributed by atoms with van der Waals surface area (Å²) in [5.74, 6) is -1.08. The van der Waals surface area contributed by atoms with Gasteiger partial charge in [0.25, 0.3) is 5.91 Å². The lowest BCUT2D eigenvalue weighted by Gasteiger charge is -2.20. The van der Waals surface area contributed by atoms with Crippen molar-refractivity contribution in [2.45, 2.75) is 20.3 Å². The molecule has 0 bridgehead atoms. The molecule has 0 saturated carbocycles. The Morgan fingerprint density at radius 3 is 2.85 bits per heavy atom. The number of aliphatic carboxylic acids is 1. The number of imidazole rings is 1. The van der Waals surface area contributed by atoms with E-state index in [0.29, 0.717) is 17.8 Å². The molecule has 6 heteroatoms. The van der Waals surface area contributed by atoms with Crippen molar-refractivity contribution in [3.05, 3.63) is 35.8 Å². The zero-order chi connectivity index (χ0) is 14.7. The molecule has 0 aliphatic heterocycles. The number of carboxylic acid groups (broad SMARTS) is 1. The van der Waals surface area contributed by atoms with Gasteiger partial charge >= 0.3 is 5.97 Å². The zero-order valence-electron chi connectivity index (χ0n) is 11.5. The number of carbonyl (C=O) groups is 2. The fraction of sp³-hybridized carbons (Fsp3) is 0.357. The zero-order valence-corrected chi connectivity index (χ0v) is 11.5. The van der Waals surface area contributed by atoms with Crippen LogP contribution in [0.2, 0.25) is 0 Å². The second-order valence-electron chi connectivity index (χ2n) is 4.59. The Kier molecular flexibility index (Phi) is 4.02. The summed E-state index contributed by atoms with van der Waals surface area (Å²) in [6, 6.07) is 3.44. The molecule has 2 heterocycles. The van der Waals surface area contributed by atoms with Crippen molar-refractivity contribution in [3.8, 4) is 0 Å². The van der Waals surface area contributed by atoms with Crippen LogP contribution in [0.25, 0.3) is 5.65 Å². The quantitative estimate of drug-likeness (QED) is 0.899. The highest BCUT2D eigenvalue weighted by atomic mass is 16.4. The van der Waals surface area contributed by atoms with Crippen molar-refractivity contribution in [2.24, 2.45) is 0 Å². The van der Waals surface area contributed by atoms with Crippen molar-refractivity contribution >= 4 is 17.5 Å². The molecule has 20 heavy (non-hydrogen) atoms. The number of aromatic nitrogens is 2. The predicted molar refractivity (Wildman–Crippen MR) is 73.8 cm³/mol. The van der Waals surface area contributed by atoms with Gasteiger partial charge in [-0.15, -0.1) is 0 Å². The van der Waals surface area contributed by atoms with E-state index < -0.39 is 5.97 Å². The van der Waals surface area contributed by atoms with E-state index in [0.717, 1.165) is 5.69 Å². The minimum atomic E-state index is -0.907. The molecular weight excluding hydrogens is 258 g/mol. The first-order valence-corrected chi connectivity index (χ1v) is 6.47. The monoisotopic (exact) mass is 275 g/mol. The molecule has 0 fully saturated rings. The maximum atomic E-state index is 12.3. The van der Waals surface area contributed by atoms with E-state index in [4.69, 9.17) is 5.11 Å². The Morgan fingerprint density at radius 2 is 2.20 bits per heavy atom. The Morgan fingerprint density at radius 1 is 1.45 bits per heavy atom. The third-order valence-electron chi connectivity index (χ3n) is 3.09. The average molecular weight is 275 g/mol. The number of carbonyl (C=O) groups excluding carboxylic acids is 1. The highest BCUT2D eigenvalue weighted by Gasteiger charge is 2.16. The number of pyridine rings is 1. The number of fused-ring (bicyclic) bond motifs is 1. The van der Waals surface area contributed by atoms with E-state index >= 15 is 0 Å². The number of hydrogen-bond acceptors (Lipinski definition) is 3. The molecule has 2 aromatic heterocycles. The summed E-state index contributed by atoms with van der Waals surface area (Å²) >= 11 is 0. The molecule has 0 aromatic carbocycles. The van der Waals surface area contributed by atoms with Gasteiger partial charge in [0.05, 0.1) is 12.1 Å². The minimum Gasteiger partial charge on any atom is -0.481 e. The molecule has 0 saturated heterocycles. The van der Waals surface area contributed by atoms with Crippen LogP contribution in [0.3, 0.4) is 0 Å². The Labute approximate surface area is 116 Å². The van der Waals surface area contributed by atoms with Crippen LogP contribution in [0.4, 0.5) is 0 Å². The molecule has 106 valence electrons. The van der Waals surface area contributed by atoms with Gasteiger partial charge in [0.1, 0.15) is 5.65 Å². The van der Waals surface area contributed by atoms with Gasteiger partial charge in [0.2, 0.25) is 0 Å². The summed E-state index contributed by atoms with van der Waals surface area (Å²) in [5, 5.41) is 8.70. The number of hydrogen-bond donors (Lipinski definition) is 1. The van der Waals surface area contributed by atoms with Gasteiger partial charge in [-0.1, -0.05) is 0 Å². The average Bonchev–Trinajstić information content (AvgIpc) is 2.77. The lowest BCUT2D eigenvalue weighted by molar-refractivity contribution is -0.137. The van der Waals surface area contributed by atoms with Gasteiger partial charge in [0, 0.05) is 31.0 Å². The van der Waals surface area contributed by atoms with Gasteiger partial charge in [-0.2, -0.15) is 0 Å². The highest BCUT2D eigenvalue weighted by molar-refractivity contribution is 5.95. The topological polar surface area (TPSA) is 74.9 Å². The standard InChI is InChI=1S/C14H17N3O3/c1-3-16(7-5-13(18)19)14(20)11-4-6-17-9-10(2)15-12(17)8-11/h4,6,8-9H,3,5,7H2,1-2H3,(H,18,19). The van der Waals surface area contributed by atoms with Crippen molar-refractivity contribution in [1.82, 2.24) is 14.3 Å². The van der Waals surface area contributed by atoms with E-state index in [-0.39, 0.29) is 18.9 Å². The normalized spacial score (nSPS) is 10.7. The molecule has 1 N–H and O–H groups in total. The summed E-state index contributed by atoms with van der Waals surface area (Å²) in [6.45, 7) is 4.41. The molecule has 0 aliphatic rings. The number of carboxylic acids is 1. The van der Waals surface area contributed by atoms with Gasteiger partial charge < -0.3 is 14.4 Å². The number of amides is 1. The van der Waals surface area contributed by atoms with Crippen LogP contribution in [0.15, 0.2) is 24.5 Å². The van der Waals surface area contributed by atoms with Crippen LogP contribution in [0.1, 0.15) is 29.4 Å². The second-order valence-corrected chi connectivity index (χ2v) is 4.59. The van der Waals surface area contributed by atoms with Gasteiger partial charge in [-0.3, -0.25) is 9.59 Å². The van der Waals surface area contributed by atoms with Crippen LogP contribution in [0, 0.1) is 6.92 Å². The first-order valence-electron chi connectivity index (χ1n) is 6.47. The smallest absolute Gasteiger partial charge is 0.305 e. The minimum absolute atomic E-state index is 0.0513. The molecule has 0 spiro atoms. The van der Waals surface area contributed by atoms with Crippen molar-refractivity contribution < 1.29 is 14.7 Å². The largest absolute Gasteiger partial charge is 0.481 e. The molecule has 0 unspecified atom stereocenters. The van der Waals surface area contributed by atoms with Crippen molar-refractivity contribution in [3.63, 3.8) is 0 Å². The SMILES string of the molecule is CCN(CCC(=O)O)C(=O)c1ccn2cc(C)nc2c1. The highest BCUT2D eigenvalue weighted by Crippen LogP contribution is 2.11. The van der Waals surface area contributed by atoms with E-state index in [9.17, 15) is 9.59 Å².